The van der Waals surface area contributed by atoms with Crippen molar-refractivity contribution in [2.75, 3.05) is 44.3 Å². The first kappa shape index (κ1) is 25.0. The molecule has 2 aromatic carbocycles. The van der Waals surface area contributed by atoms with Gasteiger partial charge in [0.05, 0.1) is 30.2 Å². The van der Waals surface area contributed by atoms with Gasteiger partial charge in [-0.15, -0.1) is 0 Å². The van der Waals surface area contributed by atoms with Crippen molar-refractivity contribution in [1.29, 1.82) is 0 Å². The number of sulfonamides is 1. The zero-order valence-electron chi connectivity index (χ0n) is 19.4. The van der Waals surface area contributed by atoms with Gasteiger partial charge in [-0.2, -0.15) is 0 Å². The number of primary sulfonamides is 1. The average molecular weight is 501 g/mol. The van der Waals surface area contributed by atoms with Crippen molar-refractivity contribution in [3.8, 4) is 0 Å². The normalized spacial score (nSPS) is 19.3. The molecule has 2 aliphatic heterocycles. The lowest BCUT2D eigenvalue weighted by Crippen LogP contribution is -2.49. The first-order chi connectivity index (χ1) is 16.7. The largest absolute Gasteiger partial charge is 0.379 e. The third kappa shape index (κ3) is 5.43. The summed E-state index contributed by atoms with van der Waals surface area (Å²) in [4.78, 5) is 44.5. The van der Waals surface area contributed by atoms with Gasteiger partial charge in [-0.05, 0) is 42.8 Å². The molecule has 0 spiro atoms. The van der Waals surface area contributed by atoms with Gasteiger partial charge in [-0.3, -0.25) is 19.3 Å². The molecule has 0 radical (unpaired) electrons. The van der Waals surface area contributed by atoms with Crippen molar-refractivity contribution < 1.29 is 27.5 Å². The van der Waals surface area contributed by atoms with Gasteiger partial charge < -0.3 is 9.64 Å². The molecule has 2 heterocycles. The maximum atomic E-state index is 13.6. The molecule has 0 saturated carbocycles. The van der Waals surface area contributed by atoms with Crippen molar-refractivity contribution in [2.24, 2.45) is 5.14 Å². The molecule has 10 nitrogen and oxygen atoms in total. The summed E-state index contributed by atoms with van der Waals surface area (Å²) in [6, 6.07) is 11.4. The fourth-order valence-corrected chi connectivity index (χ4v) is 4.87. The van der Waals surface area contributed by atoms with Crippen LogP contribution in [0.15, 0.2) is 53.4 Å². The number of carbonyl (C=O) groups is 3. The Labute approximate surface area is 204 Å². The molecule has 2 N–H and O–H groups in total. The number of carbonyl (C=O) groups excluding carboxylic acids is 3. The number of amides is 3. The van der Waals surface area contributed by atoms with E-state index in [1.807, 2.05) is 19.1 Å². The van der Waals surface area contributed by atoms with Gasteiger partial charge in [-0.25, -0.2) is 18.5 Å². The number of rotatable bonds is 7. The molecular formula is C24H28N4O6S. The first-order valence-electron chi connectivity index (χ1n) is 11.3. The van der Waals surface area contributed by atoms with E-state index >= 15 is 0 Å². The van der Waals surface area contributed by atoms with Crippen LogP contribution in [-0.2, 0) is 24.3 Å². The summed E-state index contributed by atoms with van der Waals surface area (Å²) >= 11 is 0. The molecule has 0 aromatic heterocycles. The lowest BCUT2D eigenvalue weighted by molar-refractivity contribution is -0.122. The van der Waals surface area contributed by atoms with E-state index in [-0.39, 0.29) is 29.5 Å². The van der Waals surface area contributed by atoms with E-state index < -0.39 is 27.9 Å². The number of hydrogen-bond donors (Lipinski definition) is 1. The summed E-state index contributed by atoms with van der Waals surface area (Å²) in [6.45, 7) is 5.31. The van der Waals surface area contributed by atoms with Crippen LogP contribution in [0.2, 0.25) is 0 Å². The molecule has 11 heteroatoms. The zero-order chi connectivity index (χ0) is 25.2. The Morgan fingerprint density at radius 2 is 1.74 bits per heavy atom. The van der Waals surface area contributed by atoms with Crippen LogP contribution in [-0.4, -0.2) is 81.4 Å². The third-order valence-electron chi connectivity index (χ3n) is 6.32. The van der Waals surface area contributed by atoms with Crippen molar-refractivity contribution in [3.63, 3.8) is 0 Å². The van der Waals surface area contributed by atoms with E-state index in [0.29, 0.717) is 25.3 Å². The Balaban J connectivity index is 1.61. The highest BCUT2D eigenvalue weighted by molar-refractivity contribution is 7.89. The van der Waals surface area contributed by atoms with Crippen molar-refractivity contribution in [1.82, 2.24) is 9.80 Å². The highest BCUT2D eigenvalue weighted by Gasteiger charge is 2.44. The zero-order valence-corrected chi connectivity index (χ0v) is 20.2. The average Bonchev–Trinajstić information content (AvgIpc) is 3.13. The van der Waals surface area contributed by atoms with Crippen LogP contribution in [0.5, 0.6) is 0 Å². The number of morpholine rings is 1. The second-order valence-corrected chi connectivity index (χ2v) is 10.2. The van der Waals surface area contributed by atoms with Gasteiger partial charge in [0.1, 0.15) is 6.04 Å². The fraction of sp³-hybridized carbons (Fsp3) is 0.375. The topological polar surface area (TPSA) is 130 Å². The van der Waals surface area contributed by atoms with Gasteiger partial charge in [0, 0.05) is 31.7 Å². The number of benzene rings is 2. The number of ether oxygens (including phenoxy) is 1. The highest BCUT2D eigenvalue weighted by atomic mass is 32.2. The van der Waals surface area contributed by atoms with E-state index in [4.69, 9.17) is 9.88 Å². The number of imide groups is 1. The molecule has 3 amide bonds. The molecular weight excluding hydrogens is 472 g/mol. The Kier molecular flexibility index (Phi) is 7.31. The summed E-state index contributed by atoms with van der Waals surface area (Å²) in [6.07, 6.45) is -0.156. The van der Waals surface area contributed by atoms with Gasteiger partial charge in [0.25, 0.3) is 11.8 Å². The smallest absolute Gasteiger partial charge is 0.257 e. The van der Waals surface area contributed by atoms with Crippen LogP contribution in [0.3, 0.4) is 0 Å². The molecule has 1 unspecified atom stereocenters. The van der Waals surface area contributed by atoms with Gasteiger partial charge in [-0.1, -0.05) is 18.2 Å². The molecule has 2 aromatic rings. The van der Waals surface area contributed by atoms with Crippen molar-refractivity contribution in [3.05, 3.63) is 59.7 Å². The summed E-state index contributed by atoms with van der Waals surface area (Å²) in [5.41, 5.74) is 1.48. The maximum absolute atomic E-state index is 13.6. The molecule has 186 valence electrons. The lowest BCUT2D eigenvalue weighted by Gasteiger charge is -2.32. The molecule has 0 aliphatic carbocycles. The quantitative estimate of drug-likeness (QED) is 0.555. The molecule has 35 heavy (non-hydrogen) atoms. The first-order valence-corrected chi connectivity index (χ1v) is 12.9. The molecule has 2 saturated heterocycles. The predicted octanol–water partition coefficient (Wildman–Crippen LogP) is 0.749. The Morgan fingerprint density at radius 3 is 2.37 bits per heavy atom. The third-order valence-corrected chi connectivity index (χ3v) is 7.25. The second kappa shape index (κ2) is 10.2. The molecule has 0 bridgehead atoms. The van der Waals surface area contributed by atoms with Gasteiger partial charge >= 0.3 is 0 Å². The second-order valence-electron chi connectivity index (χ2n) is 8.59. The van der Waals surface area contributed by atoms with Crippen LogP contribution in [0.25, 0.3) is 0 Å². The standard InChI is InChI=1S/C24H28N4O6S/c1-17-4-2-3-5-20(17)23(30)27(11-10-26-12-14-34-15-13-26)21-16-22(29)28(24(21)31)18-6-8-19(9-7-18)35(25,32)33/h2-9,21H,10-16H2,1H3,(H2,25,32,33). The molecule has 2 aliphatic rings. The van der Waals surface area contributed by atoms with Crippen molar-refractivity contribution >= 4 is 33.4 Å². The van der Waals surface area contributed by atoms with E-state index in [1.54, 1.807) is 12.1 Å². The van der Waals surface area contributed by atoms with Crippen LogP contribution >= 0.6 is 0 Å². The van der Waals surface area contributed by atoms with E-state index in [2.05, 4.69) is 4.90 Å². The Bertz CT molecular complexity index is 1220. The Hall–Kier alpha value is -3.12. The number of nitrogens with two attached hydrogens (primary N) is 1. The number of aryl methyl sites for hydroxylation is 1. The summed E-state index contributed by atoms with van der Waals surface area (Å²) in [5, 5.41) is 5.14. The molecule has 2 fully saturated rings. The fourth-order valence-electron chi connectivity index (χ4n) is 4.36. The van der Waals surface area contributed by atoms with Gasteiger partial charge in [0.2, 0.25) is 15.9 Å². The van der Waals surface area contributed by atoms with Crippen LogP contribution in [0, 0.1) is 6.92 Å². The van der Waals surface area contributed by atoms with Crippen molar-refractivity contribution in [2.45, 2.75) is 24.3 Å². The SMILES string of the molecule is Cc1ccccc1C(=O)N(CCN1CCOCC1)C1CC(=O)N(c2ccc(S(N)(=O)=O)cc2)C1=O. The maximum Gasteiger partial charge on any atom is 0.257 e. The lowest BCUT2D eigenvalue weighted by atomic mass is 10.1. The minimum absolute atomic E-state index is 0.126. The van der Waals surface area contributed by atoms with Crippen LogP contribution in [0.1, 0.15) is 22.3 Å². The monoisotopic (exact) mass is 500 g/mol. The number of anilines is 1. The minimum Gasteiger partial charge on any atom is -0.379 e. The molecule has 4 rings (SSSR count). The van der Waals surface area contributed by atoms with E-state index in [1.165, 1.54) is 29.2 Å². The van der Waals surface area contributed by atoms with Gasteiger partial charge in [0.15, 0.2) is 0 Å². The number of nitrogens with zero attached hydrogens (tertiary/aromatic N) is 3. The van der Waals surface area contributed by atoms with Crippen LogP contribution < -0.4 is 10.0 Å². The highest BCUT2D eigenvalue weighted by Crippen LogP contribution is 2.28. The van der Waals surface area contributed by atoms with E-state index in [9.17, 15) is 22.8 Å². The Morgan fingerprint density at radius 1 is 1.09 bits per heavy atom. The van der Waals surface area contributed by atoms with Crippen LogP contribution in [0.4, 0.5) is 5.69 Å². The minimum atomic E-state index is -3.91. The summed E-state index contributed by atoms with van der Waals surface area (Å²) in [5.74, 6) is -1.30. The summed E-state index contributed by atoms with van der Waals surface area (Å²) < 4.78 is 28.5. The van der Waals surface area contributed by atoms with E-state index in [0.717, 1.165) is 23.6 Å². The number of hydrogen-bond acceptors (Lipinski definition) is 7. The predicted molar refractivity (Wildman–Crippen MR) is 128 cm³/mol. The summed E-state index contributed by atoms with van der Waals surface area (Å²) in [7, 11) is -3.91. The molecule has 1 atom stereocenters.